The predicted octanol–water partition coefficient (Wildman–Crippen LogP) is 2.72. The van der Waals surface area contributed by atoms with Gasteiger partial charge in [0.05, 0.1) is 17.8 Å². The Morgan fingerprint density at radius 3 is 2.94 bits per heavy atom. The molecule has 0 atom stereocenters. The third-order valence-electron chi connectivity index (χ3n) is 3.22. The smallest absolute Gasteiger partial charge is 0.0696 e. The lowest BCUT2D eigenvalue weighted by molar-refractivity contribution is 0.351. The van der Waals surface area contributed by atoms with E-state index in [1.165, 1.54) is 23.7 Å². The van der Waals surface area contributed by atoms with Crippen molar-refractivity contribution >= 4 is 26.8 Å². The van der Waals surface area contributed by atoms with Crippen molar-refractivity contribution < 1.29 is 0 Å². The molecule has 16 heavy (non-hydrogen) atoms. The molecule has 2 aromatic rings. The zero-order chi connectivity index (χ0) is 11.0. The fourth-order valence-electron chi connectivity index (χ4n) is 2.35. The maximum atomic E-state index is 4.53. The van der Waals surface area contributed by atoms with E-state index in [0.717, 1.165) is 17.6 Å². The average molecular weight is 280 g/mol. The molecule has 1 aromatic heterocycles. The number of hydrogen-bond donors (Lipinski definition) is 1. The summed E-state index contributed by atoms with van der Waals surface area (Å²) in [5.41, 5.74) is 1.24. The zero-order valence-electron chi connectivity index (χ0n) is 8.99. The molecule has 1 aromatic carbocycles. The third-order valence-corrected chi connectivity index (χ3v) is 3.71. The highest BCUT2D eigenvalue weighted by atomic mass is 79.9. The summed E-state index contributed by atoms with van der Waals surface area (Å²) < 4.78 is 3.30. The number of halogens is 1. The van der Waals surface area contributed by atoms with Crippen LogP contribution >= 0.6 is 15.9 Å². The van der Waals surface area contributed by atoms with E-state index in [2.05, 4.69) is 49.2 Å². The van der Waals surface area contributed by atoms with Gasteiger partial charge in [-0.2, -0.15) is 5.10 Å². The Morgan fingerprint density at radius 2 is 2.12 bits per heavy atom. The lowest BCUT2D eigenvalue weighted by Gasteiger charge is -2.23. The van der Waals surface area contributed by atoms with Crippen LogP contribution in [0.5, 0.6) is 0 Å². The fraction of sp³-hybridized carbons (Fsp3) is 0.417. The molecule has 0 unspecified atom stereocenters. The summed E-state index contributed by atoms with van der Waals surface area (Å²) in [5.74, 6) is 0. The van der Waals surface area contributed by atoms with Gasteiger partial charge in [-0.25, -0.2) is 0 Å². The minimum Gasteiger partial charge on any atom is -0.317 e. The van der Waals surface area contributed by atoms with Crippen molar-refractivity contribution in [1.82, 2.24) is 15.1 Å². The van der Waals surface area contributed by atoms with E-state index in [0.29, 0.717) is 6.04 Å². The van der Waals surface area contributed by atoms with E-state index in [1.54, 1.807) is 0 Å². The maximum Gasteiger partial charge on any atom is 0.0696 e. The van der Waals surface area contributed by atoms with Gasteiger partial charge in [-0.05, 0) is 38.1 Å². The topological polar surface area (TPSA) is 29.9 Å². The highest BCUT2D eigenvalue weighted by Crippen LogP contribution is 2.25. The van der Waals surface area contributed by atoms with Crippen LogP contribution in [-0.2, 0) is 0 Å². The highest BCUT2D eigenvalue weighted by Gasteiger charge is 2.17. The first-order valence-electron chi connectivity index (χ1n) is 5.68. The molecule has 3 rings (SSSR count). The third kappa shape index (κ3) is 1.76. The van der Waals surface area contributed by atoms with Gasteiger partial charge in [0, 0.05) is 9.86 Å². The second-order valence-electron chi connectivity index (χ2n) is 4.27. The molecule has 1 fully saturated rings. The molecule has 4 heteroatoms. The van der Waals surface area contributed by atoms with E-state index < -0.39 is 0 Å². The van der Waals surface area contributed by atoms with Gasteiger partial charge in [-0.1, -0.05) is 22.0 Å². The Morgan fingerprint density at radius 1 is 1.31 bits per heavy atom. The molecule has 0 saturated carbocycles. The Balaban J connectivity index is 2.05. The Labute approximate surface area is 103 Å². The quantitative estimate of drug-likeness (QED) is 0.870. The van der Waals surface area contributed by atoms with Gasteiger partial charge in [0.1, 0.15) is 0 Å². The lowest BCUT2D eigenvalue weighted by atomic mass is 10.1. The van der Waals surface area contributed by atoms with Gasteiger partial charge in [-0.3, -0.25) is 4.68 Å². The molecule has 0 aliphatic carbocycles. The van der Waals surface area contributed by atoms with E-state index in [4.69, 9.17) is 0 Å². The van der Waals surface area contributed by atoms with E-state index >= 15 is 0 Å². The van der Waals surface area contributed by atoms with Gasteiger partial charge in [0.15, 0.2) is 0 Å². The Hall–Kier alpha value is -0.870. The lowest BCUT2D eigenvalue weighted by Crippen LogP contribution is -2.29. The van der Waals surface area contributed by atoms with E-state index in [9.17, 15) is 0 Å². The largest absolute Gasteiger partial charge is 0.317 e. The van der Waals surface area contributed by atoms with Crippen molar-refractivity contribution in [3.8, 4) is 0 Å². The number of benzene rings is 1. The Bertz CT molecular complexity index is 500. The minimum atomic E-state index is 0.549. The molecule has 84 valence electrons. The fourth-order valence-corrected chi connectivity index (χ4v) is 2.70. The van der Waals surface area contributed by atoms with Crippen LogP contribution in [0.1, 0.15) is 18.9 Å². The molecule has 1 saturated heterocycles. The Kier molecular flexibility index (Phi) is 2.69. The van der Waals surface area contributed by atoms with Crippen molar-refractivity contribution in [3.05, 3.63) is 28.9 Å². The van der Waals surface area contributed by atoms with Gasteiger partial charge in [0.2, 0.25) is 0 Å². The molecule has 3 nitrogen and oxygen atoms in total. The van der Waals surface area contributed by atoms with Crippen LogP contribution in [0.25, 0.3) is 10.9 Å². The summed E-state index contributed by atoms with van der Waals surface area (Å²) in [4.78, 5) is 0. The molecule has 0 spiro atoms. The number of aromatic nitrogens is 2. The van der Waals surface area contributed by atoms with Crippen molar-refractivity contribution in [2.75, 3.05) is 13.1 Å². The van der Waals surface area contributed by atoms with Gasteiger partial charge < -0.3 is 5.32 Å². The van der Waals surface area contributed by atoms with E-state index in [-0.39, 0.29) is 0 Å². The van der Waals surface area contributed by atoms with Gasteiger partial charge in [-0.15, -0.1) is 0 Å². The molecule has 0 amide bonds. The van der Waals surface area contributed by atoms with E-state index in [1.807, 2.05) is 6.20 Å². The van der Waals surface area contributed by atoms with Crippen molar-refractivity contribution in [3.63, 3.8) is 0 Å². The van der Waals surface area contributed by atoms with Crippen LogP contribution in [-0.4, -0.2) is 22.9 Å². The van der Waals surface area contributed by atoms with Crippen LogP contribution in [0, 0.1) is 0 Å². The second kappa shape index (κ2) is 4.18. The van der Waals surface area contributed by atoms with Crippen LogP contribution in [0.4, 0.5) is 0 Å². The zero-order valence-corrected chi connectivity index (χ0v) is 10.6. The van der Waals surface area contributed by atoms with Crippen molar-refractivity contribution in [2.24, 2.45) is 0 Å². The second-order valence-corrected chi connectivity index (χ2v) is 5.19. The normalized spacial score (nSPS) is 18.1. The van der Waals surface area contributed by atoms with Crippen molar-refractivity contribution in [1.29, 1.82) is 0 Å². The summed E-state index contributed by atoms with van der Waals surface area (Å²) in [5, 5.41) is 9.14. The monoisotopic (exact) mass is 279 g/mol. The number of rotatable bonds is 1. The van der Waals surface area contributed by atoms with Crippen molar-refractivity contribution in [2.45, 2.75) is 18.9 Å². The molecule has 0 bridgehead atoms. The number of piperidine rings is 1. The number of fused-ring (bicyclic) bond motifs is 1. The van der Waals surface area contributed by atoms with Crippen LogP contribution in [0.15, 0.2) is 28.9 Å². The maximum absolute atomic E-state index is 4.53. The van der Waals surface area contributed by atoms with Crippen LogP contribution < -0.4 is 5.32 Å². The van der Waals surface area contributed by atoms with Gasteiger partial charge >= 0.3 is 0 Å². The highest BCUT2D eigenvalue weighted by molar-refractivity contribution is 9.10. The molecule has 1 N–H and O–H groups in total. The summed E-state index contributed by atoms with van der Waals surface area (Å²) in [6, 6.07) is 6.89. The molecular formula is C12H14BrN3. The summed E-state index contributed by atoms with van der Waals surface area (Å²) in [6.45, 7) is 2.19. The predicted molar refractivity (Wildman–Crippen MR) is 68.6 cm³/mol. The first-order valence-corrected chi connectivity index (χ1v) is 6.47. The van der Waals surface area contributed by atoms with Crippen LogP contribution in [0.3, 0.4) is 0 Å². The molecule has 0 radical (unpaired) electrons. The molecular weight excluding hydrogens is 266 g/mol. The number of hydrogen-bond acceptors (Lipinski definition) is 2. The molecule has 1 aliphatic heterocycles. The summed E-state index contributed by atoms with van der Waals surface area (Å²) in [7, 11) is 0. The number of nitrogens with one attached hydrogen (secondary N) is 1. The minimum absolute atomic E-state index is 0.549. The molecule has 2 heterocycles. The summed E-state index contributed by atoms with van der Waals surface area (Å²) >= 11 is 3.52. The first kappa shape index (κ1) is 10.3. The van der Waals surface area contributed by atoms with Crippen LogP contribution in [0.2, 0.25) is 0 Å². The number of nitrogens with zero attached hydrogens (tertiary/aromatic N) is 2. The SMILES string of the molecule is Brc1ccc2cnn(C3CCNCC3)c2c1. The summed E-state index contributed by atoms with van der Waals surface area (Å²) in [6.07, 6.45) is 4.30. The first-order chi connectivity index (χ1) is 7.84. The molecule has 1 aliphatic rings. The average Bonchev–Trinajstić information content (AvgIpc) is 2.73. The standard InChI is InChI=1S/C12H14BrN3/c13-10-2-1-9-8-15-16(12(9)7-10)11-3-5-14-6-4-11/h1-2,7-8,11,14H,3-6H2. The van der Waals surface area contributed by atoms with Gasteiger partial charge in [0.25, 0.3) is 0 Å².